The lowest BCUT2D eigenvalue weighted by atomic mass is 9.80. The van der Waals surface area contributed by atoms with Gasteiger partial charge in [-0.05, 0) is 98.3 Å². The zero-order valence-electron chi connectivity index (χ0n) is 34.0. The molecule has 10 heteroatoms. The standard InChI is InChI=1S/C24H30FOP.C18H26BrOP.C6H6BFO2/c25-20-17-15-19(16-18-20)23-13-7-8-14-24(23)27(26,21-9-3-1-4-10-21)22-11-5-2-6-12-22;19-17-13-7-8-14-18(17)21(20,15-9-3-1-4-10-15)16-11-5-2-6-12-16;8-6-3-1-5(2-4-6)7(9)10/h7-8,13-18,21-22H,1-6,9-12H2;7-8,13-16H,1-6,9-12H2;1-4,9-10H. The van der Waals surface area contributed by atoms with Crippen molar-refractivity contribution in [3.63, 3.8) is 0 Å². The maximum Gasteiger partial charge on any atom is 0.488 e. The van der Waals surface area contributed by atoms with Crippen LogP contribution in [0.1, 0.15) is 128 Å². The van der Waals surface area contributed by atoms with E-state index in [1.807, 2.05) is 30.3 Å². The Hall–Kier alpha value is -2.34. The first-order valence-electron chi connectivity index (χ1n) is 22.0. The predicted octanol–water partition coefficient (Wildman–Crippen LogP) is 12.8. The minimum Gasteiger partial charge on any atom is -0.423 e. The molecule has 4 fully saturated rings. The lowest BCUT2D eigenvalue weighted by molar-refractivity contribution is 0.425. The largest absolute Gasteiger partial charge is 0.488 e. The molecule has 0 unspecified atom stereocenters. The van der Waals surface area contributed by atoms with Gasteiger partial charge < -0.3 is 19.2 Å². The minimum absolute atomic E-state index is 0.223. The quantitative estimate of drug-likeness (QED) is 0.136. The van der Waals surface area contributed by atoms with E-state index in [0.29, 0.717) is 28.1 Å². The molecular formula is C48H62BBrF2O4P2. The third-order valence-electron chi connectivity index (χ3n) is 13.3. The van der Waals surface area contributed by atoms with Crippen LogP contribution in [0.4, 0.5) is 8.78 Å². The van der Waals surface area contributed by atoms with Gasteiger partial charge in [0.15, 0.2) is 0 Å². The molecule has 0 heterocycles. The van der Waals surface area contributed by atoms with Gasteiger partial charge in [0.1, 0.15) is 25.9 Å². The second-order valence-electron chi connectivity index (χ2n) is 17.0. The smallest absolute Gasteiger partial charge is 0.423 e. The normalized spacial score (nSPS) is 19.0. The first-order chi connectivity index (χ1) is 28.1. The highest BCUT2D eigenvalue weighted by atomic mass is 79.9. The summed E-state index contributed by atoms with van der Waals surface area (Å²) >= 11 is 3.69. The number of benzene rings is 4. The van der Waals surface area contributed by atoms with Crippen LogP contribution in [-0.4, -0.2) is 39.8 Å². The third kappa shape index (κ3) is 11.1. The molecule has 4 saturated carbocycles. The SMILES string of the molecule is O=P(c1ccccc1-c1ccc(F)cc1)(C1CCCCC1)C1CCCCC1.O=P(c1ccccc1Br)(C1CCCCC1)C1CCCCC1.OB(O)c1ccc(F)cc1. The van der Waals surface area contributed by atoms with Crippen molar-refractivity contribution in [1.29, 1.82) is 0 Å². The van der Waals surface area contributed by atoms with Gasteiger partial charge in [-0.15, -0.1) is 0 Å². The maximum absolute atomic E-state index is 14.9. The fraction of sp³-hybridized carbons (Fsp3) is 0.500. The molecule has 0 saturated heterocycles. The van der Waals surface area contributed by atoms with E-state index in [9.17, 15) is 17.9 Å². The van der Waals surface area contributed by atoms with Crippen LogP contribution < -0.4 is 16.1 Å². The summed E-state index contributed by atoms with van der Waals surface area (Å²) in [6.45, 7) is 0. The van der Waals surface area contributed by atoms with Crippen LogP contribution in [-0.2, 0) is 9.13 Å². The molecule has 0 amide bonds. The summed E-state index contributed by atoms with van der Waals surface area (Å²) in [4.78, 5) is 0. The Balaban J connectivity index is 0.000000162. The number of hydrogen-bond acceptors (Lipinski definition) is 4. The van der Waals surface area contributed by atoms with Crippen molar-refractivity contribution >= 4 is 53.4 Å². The van der Waals surface area contributed by atoms with Gasteiger partial charge >= 0.3 is 7.12 Å². The van der Waals surface area contributed by atoms with Crippen LogP contribution in [0.15, 0.2) is 102 Å². The second-order valence-corrected chi connectivity index (χ2v) is 24.6. The maximum atomic E-state index is 14.9. The molecule has 4 nitrogen and oxygen atoms in total. The molecule has 0 radical (unpaired) electrons. The van der Waals surface area contributed by atoms with Crippen molar-refractivity contribution in [1.82, 2.24) is 0 Å². The van der Waals surface area contributed by atoms with Gasteiger partial charge in [0, 0.05) is 37.7 Å². The Morgan fingerprint density at radius 3 is 1.21 bits per heavy atom. The van der Waals surface area contributed by atoms with Crippen LogP contribution in [0.2, 0.25) is 0 Å². The van der Waals surface area contributed by atoms with Crippen molar-refractivity contribution in [2.75, 3.05) is 0 Å². The Morgan fingerprint density at radius 1 is 0.466 bits per heavy atom. The molecule has 0 aliphatic heterocycles. The van der Waals surface area contributed by atoms with Crippen molar-refractivity contribution in [3.05, 3.63) is 113 Å². The summed E-state index contributed by atoms with van der Waals surface area (Å²) in [5, 5.41) is 19.3. The summed E-state index contributed by atoms with van der Waals surface area (Å²) in [5.41, 5.74) is 3.87. The van der Waals surface area contributed by atoms with Gasteiger partial charge in [0.25, 0.3) is 0 Å². The molecule has 2 N–H and O–H groups in total. The van der Waals surface area contributed by atoms with Gasteiger partial charge in [-0.2, -0.15) is 0 Å². The second kappa shape index (κ2) is 22.0. The van der Waals surface area contributed by atoms with Crippen molar-refractivity contribution in [2.45, 2.75) is 151 Å². The molecule has 8 rings (SSSR count). The average molecular weight is 894 g/mol. The van der Waals surface area contributed by atoms with Crippen molar-refractivity contribution < 1.29 is 28.0 Å². The summed E-state index contributed by atoms with van der Waals surface area (Å²) in [6.07, 6.45) is 24.2. The first-order valence-corrected chi connectivity index (χ1v) is 26.5. The molecule has 0 spiro atoms. The number of hydrogen-bond donors (Lipinski definition) is 2. The Bertz CT molecular complexity index is 1910. The van der Waals surface area contributed by atoms with E-state index in [1.165, 1.54) is 139 Å². The van der Waals surface area contributed by atoms with Gasteiger partial charge in [-0.3, -0.25) is 0 Å². The summed E-state index contributed by atoms with van der Waals surface area (Å²) in [5.74, 6) is -0.608. The molecule has 312 valence electrons. The zero-order chi connectivity index (χ0) is 41.0. The Labute approximate surface area is 355 Å². The van der Waals surface area contributed by atoms with E-state index in [-0.39, 0.29) is 11.6 Å². The van der Waals surface area contributed by atoms with E-state index < -0.39 is 21.4 Å². The van der Waals surface area contributed by atoms with E-state index in [0.717, 1.165) is 51.9 Å². The molecule has 58 heavy (non-hydrogen) atoms. The highest BCUT2D eigenvalue weighted by molar-refractivity contribution is 9.10. The van der Waals surface area contributed by atoms with Crippen LogP contribution >= 0.6 is 30.2 Å². The van der Waals surface area contributed by atoms with Crippen LogP contribution in [0.5, 0.6) is 0 Å². The minimum atomic E-state index is -2.53. The molecule has 4 aliphatic carbocycles. The topological polar surface area (TPSA) is 74.6 Å². The highest BCUT2D eigenvalue weighted by Gasteiger charge is 2.45. The monoisotopic (exact) mass is 892 g/mol. The zero-order valence-corrected chi connectivity index (χ0v) is 37.4. The lowest BCUT2D eigenvalue weighted by Crippen LogP contribution is -2.30. The molecule has 0 atom stereocenters. The first kappa shape index (κ1) is 45.2. The molecule has 4 aromatic rings. The molecular weight excluding hydrogens is 831 g/mol. The van der Waals surface area contributed by atoms with Crippen LogP contribution in [0.25, 0.3) is 11.1 Å². The van der Waals surface area contributed by atoms with E-state index >= 15 is 0 Å². The fourth-order valence-corrected chi connectivity index (χ4v) is 20.3. The van der Waals surface area contributed by atoms with E-state index in [1.54, 1.807) is 0 Å². The Kier molecular flexibility index (Phi) is 17.1. The number of halogens is 3. The van der Waals surface area contributed by atoms with Gasteiger partial charge in [-0.25, -0.2) is 8.78 Å². The molecule has 0 aromatic heterocycles. The fourth-order valence-electron chi connectivity index (χ4n) is 10.3. The number of rotatable bonds is 8. The molecule has 0 bridgehead atoms. The third-order valence-corrected chi connectivity index (χ3v) is 23.0. The predicted molar refractivity (Wildman–Crippen MR) is 244 cm³/mol. The van der Waals surface area contributed by atoms with Gasteiger partial charge in [0.2, 0.25) is 0 Å². The summed E-state index contributed by atoms with van der Waals surface area (Å²) in [7, 11) is -6.35. The summed E-state index contributed by atoms with van der Waals surface area (Å²) in [6, 6.07) is 28.3. The van der Waals surface area contributed by atoms with Gasteiger partial charge in [0.05, 0.1) is 0 Å². The highest BCUT2D eigenvalue weighted by Crippen LogP contribution is 2.64. The van der Waals surface area contributed by atoms with Crippen LogP contribution in [0.3, 0.4) is 0 Å². The van der Waals surface area contributed by atoms with Crippen molar-refractivity contribution in [3.8, 4) is 11.1 Å². The van der Waals surface area contributed by atoms with Gasteiger partial charge in [-0.1, -0.05) is 160 Å². The van der Waals surface area contributed by atoms with Crippen LogP contribution in [0, 0.1) is 11.6 Å². The molecule has 4 aliphatic rings. The Morgan fingerprint density at radius 2 is 0.810 bits per heavy atom. The summed E-state index contributed by atoms with van der Waals surface area (Å²) < 4.78 is 56.0. The lowest BCUT2D eigenvalue weighted by Gasteiger charge is -2.39. The molecule has 4 aromatic carbocycles. The van der Waals surface area contributed by atoms with E-state index in [2.05, 4.69) is 46.3 Å². The average Bonchev–Trinajstić information content (AvgIpc) is 3.28. The van der Waals surface area contributed by atoms with Crippen molar-refractivity contribution in [2.24, 2.45) is 0 Å². The van der Waals surface area contributed by atoms with E-state index in [4.69, 9.17) is 10.0 Å².